The Morgan fingerprint density at radius 2 is 2.23 bits per heavy atom. The lowest BCUT2D eigenvalue weighted by molar-refractivity contribution is -0.138. The zero-order valence-corrected chi connectivity index (χ0v) is 13.0. The third kappa shape index (κ3) is 5.13. The quantitative estimate of drug-likeness (QED) is 0.845. The first-order valence-electron chi connectivity index (χ1n) is 6.73. The minimum Gasteiger partial charge on any atom is -0.480 e. The van der Waals surface area contributed by atoms with E-state index >= 15 is 0 Å². The number of aliphatic carboxylic acids is 1. The minimum absolute atomic E-state index is 0. The molecule has 0 amide bonds. The van der Waals surface area contributed by atoms with E-state index < -0.39 is 5.97 Å². The normalized spacial score (nSPS) is 10.5. The molecule has 120 valence electrons. The maximum absolute atomic E-state index is 13.2. The SMILES string of the molecule is CCCN(CC(=O)O)Cc1coc(-c2cccc(F)c2)n1.Cl. The highest BCUT2D eigenvalue weighted by Gasteiger charge is 2.13. The number of carbonyl (C=O) groups is 1. The Balaban J connectivity index is 0.00000242. The topological polar surface area (TPSA) is 66.6 Å². The first kappa shape index (κ1) is 18.1. The van der Waals surface area contributed by atoms with Crippen LogP contribution < -0.4 is 0 Å². The van der Waals surface area contributed by atoms with Crippen LogP contribution in [0.3, 0.4) is 0 Å². The Hall–Kier alpha value is -1.92. The number of nitrogens with zero attached hydrogens (tertiary/aromatic N) is 2. The summed E-state index contributed by atoms with van der Waals surface area (Å²) < 4.78 is 18.5. The summed E-state index contributed by atoms with van der Waals surface area (Å²) in [5, 5.41) is 8.88. The summed E-state index contributed by atoms with van der Waals surface area (Å²) in [6, 6.07) is 5.99. The number of aromatic nitrogens is 1. The lowest BCUT2D eigenvalue weighted by Gasteiger charge is -2.17. The third-order valence-electron chi connectivity index (χ3n) is 2.91. The van der Waals surface area contributed by atoms with Gasteiger partial charge < -0.3 is 9.52 Å². The van der Waals surface area contributed by atoms with Gasteiger partial charge in [-0.15, -0.1) is 12.4 Å². The van der Waals surface area contributed by atoms with E-state index in [0.717, 1.165) is 6.42 Å². The molecule has 1 N–H and O–H groups in total. The fourth-order valence-corrected chi connectivity index (χ4v) is 2.08. The van der Waals surface area contributed by atoms with E-state index in [4.69, 9.17) is 9.52 Å². The van der Waals surface area contributed by atoms with Crippen LogP contribution in [0.1, 0.15) is 19.0 Å². The Kier molecular flexibility index (Phi) is 7.01. The Morgan fingerprint density at radius 1 is 1.45 bits per heavy atom. The fraction of sp³-hybridized carbons (Fsp3) is 0.333. The predicted molar refractivity (Wildman–Crippen MR) is 82.3 cm³/mol. The summed E-state index contributed by atoms with van der Waals surface area (Å²) in [4.78, 5) is 16.9. The molecule has 2 aromatic rings. The number of benzene rings is 1. The van der Waals surface area contributed by atoms with Gasteiger partial charge in [0.1, 0.15) is 12.1 Å². The van der Waals surface area contributed by atoms with Crippen LogP contribution in [0.2, 0.25) is 0 Å². The standard InChI is InChI=1S/C15H17FN2O3.ClH/c1-2-6-18(9-14(19)20)8-13-10-21-15(17-13)11-4-3-5-12(16)7-11;/h3-5,7,10H,2,6,8-9H2,1H3,(H,19,20);1H. The predicted octanol–water partition coefficient (Wildman–Crippen LogP) is 3.20. The number of hydrogen-bond acceptors (Lipinski definition) is 4. The van der Waals surface area contributed by atoms with E-state index in [2.05, 4.69) is 4.98 Å². The van der Waals surface area contributed by atoms with Gasteiger partial charge in [0.25, 0.3) is 0 Å². The maximum atomic E-state index is 13.2. The molecule has 0 radical (unpaired) electrons. The molecule has 0 atom stereocenters. The van der Waals surface area contributed by atoms with Crippen LogP contribution in [0.25, 0.3) is 11.5 Å². The third-order valence-corrected chi connectivity index (χ3v) is 2.91. The van der Waals surface area contributed by atoms with E-state index in [1.165, 1.54) is 18.4 Å². The summed E-state index contributed by atoms with van der Waals surface area (Å²) in [6.07, 6.45) is 2.33. The van der Waals surface area contributed by atoms with Crippen LogP contribution in [0, 0.1) is 5.82 Å². The number of carboxylic acids is 1. The number of carboxylic acid groups (broad SMARTS) is 1. The van der Waals surface area contributed by atoms with Gasteiger partial charge in [-0.1, -0.05) is 13.0 Å². The van der Waals surface area contributed by atoms with Crippen molar-refractivity contribution in [1.82, 2.24) is 9.88 Å². The highest BCUT2D eigenvalue weighted by atomic mass is 35.5. The molecule has 1 heterocycles. The summed E-state index contributed by atoms with van der Waals surface area (Å²) in [6.45, 7) is 2.99. The van der Waals surface area contributed by atoms with Crippen LogP contribution in [0.4, 0.5) is 4.39 Å². The van der Waals surface area contributed by atoms with Crippen molar-refractivity contribution < 1.29 is 18.7 Å². The Bertz CT molecular complexity index is 618. The molecule has 0 unspecified atom stereocenters. The molecule has 1 aromatic heterocycles. The molecule has 0 spiro atoms. The van der Waals surface area contributed by atoms with Gasteiger partial charge in [-0.3, -0.25) is 9.69 Å². The maximum Gasteiger partial charge on any atom is 0.317 e. The molecule has 0 saturated heterocycles. The largest absolute Gasteiger partial charge is 0.480 e. The number of oxazole rings is 1. The lowest BCUT2D eigenvalue weighted by Crippen LogP contribution is -2.30. The van der Waals surface area contributed by atoms with E-state index in [9.17, 15) is 9.18 Å². The van der Waals surface area contributed by atoms with E-state index in [-0.39, 0.29) is 24.8 Å². The first-order valence-corrected chi connectivity index (χ1v) is 6.73. The second-order valence-corrected chi connectivity index (χ2v) is 4.76. The molecule has 0 aliphatic heterocycles. The average Bonchev–Trinajstić information content (AvgIpc) is 2.87. The van der Waals surface area contributed by atoms with Crippen LogP contribution >= 0.6 is 12.4 Å². The van der Waals surface area contributed by atoms with Crippen molar-refractivity contribution >= 4 is 18.4 Å². The molecular weight excluding hydrogens is 311 g/mol. The minimum atomic E-state index is -0.878. The van der Waals surface area contributed by atoms with Crippen molar-refractivity contribution in [2.75, 3.05) is 13.1 Å². The van der Waals surface area contributed by atoms with Crippen molar-refractivity contribution in [2.24, 2.45) is 0 Å². The highest BCUT2D eigenvalue weighted by molar-refractivity contribution is 5.85. The van der Waals surface area contributed by atoms with Gasteiger partial charge in [0.05, 0.1) is 12.2 Å². The molecule has 2 rings (SSSR count). The van der Waals surface area contributed by atoms with Gasteiger partial charge in [0, 0.05) is 12.1 Å². The van der Waals surface area contributed by atoms with Gasteiger partial charge >= 0.3 is 5.97 Å². The van der Waals surface area contributed by atoms with Crippen LogP contribution in [0.15, 0.2) is 34.9 Å². The summed E-state index contributed by atoms with van der Waals surface area (Å²) >= 11 is 0. The molecule has 0 saturated carbocycles. The molecular formula is C15H18ClFN2O3. The van der Waals surface area contributed by atoms with E-state index in [1.807, 2.05) is 6.92 Å². The molecule has 22 heavy (non-hydrogen) atoms. The summed E-state index contributed by atoms with van der Waals surface area (Å²) in [5.41, 5.74) is 1.19. The number of hydrogen-bond donors (Lipinski definition) is 1. The van der Waals surface area contributed by atoms with Crippen LogP contribution in [-0.4, -0.2) is 34.0 Å². The van der Waals surface area contributed by atoms with Crippen molar-refractivity contribution in [1.29, 1.82) is 0 Å². The fourth-order valence-electron chi connectivity index (χ4n) is 2.08. The van der Waals surface area contributed by atoms with E-state index in [0.29, 0.717) is 30.2 Å². The Morgan fingerprint density at radius 3 is 2.86 bits per heavy atom. The lowest BCUT2D eigenvalue weighted by atomic mass is 10.2. The zero-order chi connectivity index (χ0) is 15.2. The molecule has 1 aromatic carbocycles. The van der Waals surface area contributed by atoms with Crippen molar-refractivity contribution in [3.05, 3.63) is 42.0 Å². The van der Waals surface area contributed by atoms with Gasteiger partial charge in [-0.25, -0.2) is 9.37 Å². The Labute approximate surface area is 134 Å². The van der Waals surface area contributed by atoms with Crippen LogP contribution in [0.5, 0.6) is 0 Å². The number of rotatable bonds is 7. The second-order valence-electron chi connectivity index (χ2n) is 4.76. The molecule has 0 aliphatic carbocycles. The average molecular weight is 329 g/mol. The van der Waals surface area contributed by atoms with Gasteiger partial charge in [0.2, 0.25) is 5.89 Å². The monoisotopic (exact) mass is 328 g/mol. The molecule has 7 heteroatoms. The van der Waals surface area contributed by atoms with Gasteiger partial charge in [-0.05, 0) is 31.2 Å². The molecule has 5 nitrogen and oxygen atoms in total. The van der Waals surface area contributed by atoms with Crippen molar-refractivity contribution in [2.45, 2.75) is 19.9 Å². The van der Waals surface area contributed by atoms with Crippen LogP contribution in [-0.2, 0) is 11.3 Å². The number of halogens is 2. The second kappa shape index (κ2) is 8.51. The van der Waals surface area contributed by atoms with Gasteiger partial charge in [-0.2, -0.15) is 0 Å². The molecule has 0 bridgehead atoms. The van der Waals surface area contributed by atoms with Crippen molar-refractivity contribution in [3.8, 4) is 11.5 Å². The highest BCUT2D eigenvalue weighted by Crippen LogP contribution is 2.20. The zero-order valence-electron chi connectivity index (χ0n) is 12.2. The van der Waals surface area contributed by atoms with E-state index in [1.54, 1.807) is 17.0 Å². The van der Waals surface area contributed by atoms with Gasteiger partial charge in [0.15, 0.2) is 0 Å². The molecule has 0 fully saturated rings. The summed E-state index contributed by atoms with van der Waals surface area (Å²) in [5.74, 6) is -0.903. The molecule has 0 aliphatic rings. The first-order chi connectivity index (χ1) is 10.1. The smallest absolute Gasteiger partial charge is 0.317 e. The summed E-state index contributed by atoms with van der Waals surface area (Å²) in [7, 11) is 0. The van der Waals surface area contributed by atoms with Crippen molar-refractivity contribution in [3.63, 3.8) is 0 Å².